The average Bonchev–Trinajstić information content (AvgIpc) is 2.88. The topological polar surface area (TPSA) is 30.5 Å². The number of rotatable bonds is 7. The Morgan fingerprint density at radius 3 is 2.76 bits per heavy atom. The number of benzene rings is 1. The highest BCUT2D eigenvalue weighted by Crippen LogP contribution is 2.58. The summed E-state index contributed by atoms with van der Waals surface area (Å²) < 4.78 is 12.8. The van der Waals surface area contributed by atoms with Gasteiger partial charge in [0, 0.05) is 24.7 Å². The van der Waals surface area contributed by atoms with Crippen LogP contribution in [0.3, 0.4) is 0 Å². The predicted molar refractivity (Wildman–Crippen MR) is 106 cm³/mol. The van der Waals surface area contributed by atoms with Gasteiger partial charge in [0.05, 0.1) is 18.2 Å². The van der Waals surface area contributed by atoms with Gasteiger partial charge in [0.1, 0.15) is 0 Å². The van der Waals surface area contributed by atoms with Crippen molar-refractivity contribution in [2.24, 2.45) is 5.41 Å². The first-order chi connectivity index (χ1) is 12.1. The largest absolute Gasteiger partial charge is 0.381 e. The molecule has 0 heterocycles. The summed E-state index contributed by atoms with van der Waals surface area (Å²) in [7, 11) is 1.84. The summed E-state index contributed by atoms with van der Waals surface area (Å²) in [6, 6.07) is 6.74. The zero-order chi connectivity index (χ0) is 17.9. The molecule has 0 aliphatic heterocycles. The predicted octanol–water partition coefficient (Wildman–Crippen LogP) is 4.59. The van der Waals surface area contributed by atoms with Crippen molar-refractivity contribution >= 4 is 15.9 Å². The van der Waals surface area contributed by atoms with E-state index in [-0.39, 0.29) is 11.0 Å². The van der Waals surface area contributed by atoms with Crippen LogP contribution >= 0.6 is 15.9 Å². The molecule has 25 heavy (non-hydrogen) atoms. The van der Waals surface area contributed by atoms with E-state index in [9.17, 15) is 0 Å². The van der Waals surface area contributed by atoms with E-state index in [1.54, 1.807) is 0 Å². The molecular formula is C21H30BrNO2. The van der Waals surface area contributed by atoms with Crippen LogP contribution in [-0.2, 0) is 21.4 Å². The van der Waals surface area contributed by atoms with Crippen molar-refractivity contribution in [2.45, 2.75) is 50.7 Å². The van der Waals surface area contributed by atoms with Crippen LogP contribution in [0.1, 0.15) is 43.7 Å². The first kappa shape index (κ1) is 19.1. The van der Waals surface area contributed by atoms with Gasteiger partial charge in [-0.25, -0.2) is 0 Å². The van der Waals surface area contributed by atoms with Gasteiger partial charge >= 0.3 is 0 Å². The Hall–Kier alpha value is -0.680. The van der Waals surface area contributed by atoms with E-state index >= 15 is 0 Å². The standard InChI is InChI=1S/C21H30BrNO2/c1-4-12-23-21(15-25-5-2)19-13-17(22)7-6-16(19)14-20(21)10-8-18(24-3)9-11-20/h4,6-7,13,18,23H,1,5,8-12,14-15H2,2-3H3. The highest BCUT2D eigenvalue weighted by Gasteiger charge is 2.58. The molecule has 3 nitrogen and oxygen atoms in total. The lowest BCUT2D eigenvalue weighted by molar-refractivity contribution is -0.0503. The van der Waals surface area contributed by atoms with Crippen LogP contribution in [0.25, 0.3) is 0 Å². The van der Waals surface area contributed by atoms with Crippen molar-refractivity contribution in [3.05, 3.63) is 46.5 Å². The molecule has 1 saturated carbocycles. The van der Waals surface area contributed by atoms with Gasteiger partial charge in [-0.1, -0.05) is 28.1 Å². The van der Waals surface area contributed by atoms with Crippen LogP contribution in [0, 0.1) is 5.41 Å². The molecule has 0 amide bonds. The summed E-state index contributed by atoms with van der Waals surface area (Å²) in [5, 5.41) is 3.85. The molecule has 1 atom stereocenters. The van der Waals surface area contributed by atoms with Crippen LogP contribution in [0.5, 0.6) is 0 Å². The Bertz CT molecular complexity index is 610. The van der Waals surface area contributed by atoms with Crippen molar-refractivity contribution in [3.63, 3.8) is 0 Å². The van der Waals surface area contributed by atoms with Crippen molar-refractivity contribution in [3.8, 4) is 0 Å². The smallest absolute Gasteiger partial charge is 0.0737 e. The van der Waals surface area contributed by atoms with Crippen molar-refractivity contribution < 1.29 is 9.47 Å². The zero-order valence-corrected chi connectivity index (χ0v) is 17.0. The second kappa shape index (κ2) is 7.91. The van der Waals surface area contributed by atoms with Crippen LogP contribution in [0.2, 0.25) is 0 Å². The molecular weight excluding hydrogens is 378 g/mol. The summed E-state index contributed by atoms with van der Waals surface area (Å²) in [5.41, 5.74) is 2.88. The van der Waals surface area contributed by atoms with Gasteiger partial charge in [0.2, 0.25) is 0 Å². The molecule has 1 N–H and O–H groups in total. The van der Waals surface area contributed by atoms with Crippen molar-refractivity contribution in [1.29, 1.82) is 0 Å². The molecule has 1 fully saturated rings. The minimum absolute atomic E-state index is 0.158. The van der Waals surface area contributed by atoms with Gasteiger partial charge in [0.25, 0.3) is 0 Å². The van der Waals surface area contributed by atoms with Gasteiger partial charge in [-0.05, 0) is 67.7 Å². The van der Waals surface area contributed by atoms with Gasteiger partial charge < -0.3 is 14.8 Å². The lowest BCUT2D eigenvalue weighted by atomic mass is 9.61. The van der Waals surface area contributed by atoms with E-state index in [1.165, 1.54) is 11.1 Å². The number of fused-ring (bicyclic) bond motifs is 1. The van der Waals surface area contributed by atoms with Crippen molar-refractivity contribution in [2.75, 3.05) is 26.9 Å². The Labute approximate surface area is 160 Å². The Balaban J connectivity index is 2.05. The van der Waals surface area contributed by atoms with Crippen LogP contribution in [0.4, 0.5) is 0 Å². The minimum atomic E-state index is -0.158. The maximum Gasteiger partial charge on any atom is 0.0737 e. The SMILES string of the molecule is C=CCNC1(COCC)c2cc(Br)ccc2CC12CCC(OC)CC2. The molecule has 1 aromatic rings. The Morgan fingerprint density at radius 2 is 2.12 bits per heavy atom. The summed E-state index contributed by atoms with van der Waals surface area (Å²) in [6.45, 7) is 8.24. The van der Waals surface area contributed by atoms with E-state index < -0.39 is 0 Å². The number of hydrogen-bond acceptors (Lipinski definition) is 3. The molecule has 2 aliphatic rings. The molecule has 0 radical (unpaired) electrons. The normalized spacial score (nSPS) is 31.2. The van der Waals surface area contributed by atoms with Gasteiger partial charge in [-0.2, -0.15) is 0 Å². The molecule has 0 saturated heterocycles. The molecule has 0 bridgehead atoms. The molecule has 0 aromatic heterocycles. The van der Waals surface area contributed by atoms with E-state index in [0.717, 1.165) is 49.7 Å². The third-order valence-corrected chi connectivity index (χ3v) is 6.75. The third-order valence-electron chi connectivity index (χ3n) is 6.26. The average molecular weight is 408 g/mol. The number of nitrogens with one attached hydrogen (secondary N) is 1. The highest BCUT2D eigenvalue weighted by molar-refractivity contribution is 9.10. The fourth-order valence-electron chi connectivity index (χ4n) is 4.95. The second-order valence-electron chi connectivity index (χ2n) is 7.41. The maximum atomic E-state index is 6.05. The van der Waals surface area contributed by atoms with Crippen LogP contribution in [-0.4, -0.2) is 33.0 Å². The van der Waals surface area contributed by atoms with Gasteiger partial charge in [0.15, 0.2) is 0 Å². The van der Waals surface area contributed by atoms with Crippen LogP contribution < -0.4 is 5.32 Å². The molecule has 1 aromatic carbocycles. The first-order valence-electron chi connectivity index (χ1n) is 9.36. The summed E-state index contributed by atoms with van der Waals surface area (Å²) in [6.07, 6.45) is 8.03. The van der Waals surface area contributed by atoms with Gasteiger partial charge in [-0.3, -0.25) is 0 Å². The highest BCUT2D eigenvalue weighted by atomic mass is 79.9. The second-order valence-corrected chi connectivity index (χ2v) is 8.32. The number of ether oxygens (including phenoxy) is 2. The summed E-state index contributed by atoms with van der Waals surface area (Å²) in [5.74, 6) is 0. The van der Waals surface area contributed by atoms with E-state index in [2.05, 4.69) is 52.9 Å². The zero-order valence-electron chi connectivity index (χ0n) is 15.4. The van der Waals surface area contributed by atoms with E-state index in [4.69, 9.17) is 9.47 Å². The monoisotopic (exact) mass is 407 g/mol. The fourth-order valence-corrected chi connectivity index (χ4v) is 5.31. The minimum Gasteiger partial charge on any atom is -0.381 e. The Morgan fingerprint density at radius 1 is 1.36 bits per heavy atom. The van der Waals surface area contributed by atoms with Crippen molar-refractivity contribution in [1.82, 2.24) is 5.32 Å². The molecule has 1 spiro atoms. The molecule has 138 valence electrons. The number of halogens is 1. The molecule has 4 heteroatoms. The molecule has 3 rings (SSSR count). The lowest BCUT2D eigenvalue weighted by Gasteiger charge is -2.50. The Kier molecular flexibility index (Phi) is 6.04. The number of hydrogen-bond donors (Lipinski definition) is 1. The van der Waals surface area contributed by atoms with E-state index in [0.29, 0.717) is 12.7 Å². The number of methoxy groups -OCH3 is 1. The first-order valence-corrected chi connectivity index (χ1v) is 10.2. The summed E-state index contributed by atoms with van der Waals surface area (Å²) in [4.78, 5) is 0. The molecule has 1 unspecified atom stereocenters. The molecule has 2 aliphatic carbocycles. The van der Waals surface area contributed by atoms with Crippen LogP contribution in [0.15, 0.2) is 35.3 Å². The fraction of sp³-hybridized carbons (Fsp3) is 0.619. The van der Waals surface area contributed by atoms with E-state index in [1.807, 2.05) is 13.2 Å². The lowest BCUT2D eigenvalue weighted by Crippen LogP contribution is -2.58. The summed E-state index contributed by atoms with van der Waals surface area (Å²) >= 11 is 3.68. The third kappa shape index (κ3) is 3.34. The van der Waals surface area contributed by atoms with Gasteiger partial charge in [-0.15, -0.1) is 6.58 Å². The quantitative estimate of drug-likeness (QED) is 0.670. The maximum absolute atomic E-state index is 6.05.